The Kier molecular flexibility index (Phi) is 11.8. The summed E-state index contributed by atoms with van der Waals surface area (Å²) >= 11 is 0. The first-order valence-corrected chi connectivity index (χ1v) is 18.3. The van der Waals surface area contributed by atoms with Crippen LogP contribution in [0.2, 0.25) is 0 Å². The van der Waals surface area contributed by atoms with Gasteiger partial charge in [0.2, 0.25) is 0 Å². The van der Waals surface area contributed by atoms with Crippen molar-refractivity contribution in [2.24, 2.45) is 0 Å². The average Bonchev–Trinajstić information content (AvgIpc) is 3.41. The zero-order valence-corrected chi connectivity index (χ0v) is 29.3. The van der Waals surface area contributed by atoms with Gasteiger partial charge in [0, 0.05) is 17.5 Å². The SMILES string of the molecule is CCCCCc1ccc(C(F)(F)F)c(-n2nc(CCCC)n(Cc3ccc(-c4ccccc4S(=O)(=O)NC(=O)c4ccccc4F)cc3F)c2=O)c1. The standard InChI is InChI=1S/C38H37F5N4O4S/c1-3-5-7-12-25-18-21-30(38(41,42)43)33(22-25)47-37(49)46(35(44-47)17-6-4-2)24-27-20-19-26(23-32(27)40)28-13-9-11-16-34(28)52(50,51)45-36(48)29-14-8-10-15-31(29)39/h8-11,13-16,18-23H,3-7,12,17,24H2,1-2H3,(H,45,48). The van der Waals surface area contributed by atoms with E-state index in [-0.39, 0.29) is 40.4 Å². The minimum absolute atomic E-state index is 0.000651. The number of nitrogens with one attached hydrogen (secondary N) is 1. The summed E-state index contributed by atoms with van der Waals surface area (Å²) in [6, 6.07) is 17.9. The topological polar surface area (TPSA) is 103 Å². The van der Waals surface area contributed by atoms with Gasteiger partial charge in [0.15, 0.2) is 0 Å². The number of hydrogen-bond acceptors (Lipinski definition) is 5. The van der Waals surface area contributed by atoms with Gasteiger partial charge < -0.3 is 0 Å². The monoisotopic (exact) mass is 740 g/mol. The molecule has 0 radical (unpaired) electrons. The lowest BCUT2D eigenvalue weighted by Crippen LogP contribution is -2.31. The Morgan fingerprint density at radius 2 is 1.54 bits per heavy atom. The number of unbranched alkanes of at least 4 members (excludes halogenated alkanes) is 3. The summed E-state index contributed by atoms with van der Waals surface area (Å²) in [6.45, 7) is 3.56. The quantitative estimate of drug-likeness (QED) is 0.0913. The summed E-state index contributed by atoms with van der Waals surface area (Å²) in [6.07, 6.45) is -0.137. The molecular weight excluding hydrogens is 703 g/mol. The molecule has 1 aromatic heterocycles. The first-order chi connectivity index (χ1) is 24.7. The Bertz CT molecular complexity index is 2250. The fourth-order valence-corrected chi connectivity index (χ4v) is 7.03. The normalized spacial score (nSPS) is 11.9. The number of rotatable bonds is 14. The predicted octanol–water partition coefficient (Wildman–Crippen LogP) is 8.24. The molecule has 5 aromatic rings. The molecule has 0 spiro atoms. The average molecular weight is 741 g/mol. The number of aromatic nitrogens is 3. The van der Waals surface area contributed by atoms with Crippen LogP contribution in [0.3, 0.4) is 0 Å². The summed E-state index contributed by atoms with van der Waals surface area (Å²) in [5.41, 5.74) is -1.99. The highest BCUT2D eigenvalue weighted by Crippen LogP contribution is 2.34. The molecule has 0 saturated carbocycles. The zero-order valence-electron chi connectivity index (χ0n) is 28.5. The summed E-state index contributed by atoms with van der Waals surface area (Å²) in [5, 5.41) is 4.33. The van der Waals surface area contributed by atoms with Gasteiger partial charge in [-0.2, -0.15) is 17.9 Å². The summed E-state index contributed by atoms with van der Waals surface area (Å²) in [7, 11) is -4.57. The highest BCUT2D eigenvalue weighted by Gasteiger charge is 2.35. The summed E-state index contributed by atoms with van der Waals surface area (Å²) in [4.78, 5) is 26.1. The van der Waals surface area contributed by atoms with Gasteiger partial charge >= 0.3 is 11.9 Å². The molecule has 0 bridgehead atoms. The number of carbonyl (C=O) groups is 1. The van der Waals surface area contributed by atoms with Gasteiger partial charge in [0.25, 0.3) is 15.9 Å². The molecule has 0 aliphatic heterocycles. The number of benzene rings is 4. The van der Waals surface area contributed by atoms with Crippen molar-refractivity contribution in [3.63, 3.8) is 0 Å². The van der Waals surface area contributed by atoms with Gasteiger partial charge in [-0.3, -0.25) is 9.36 Å². The van der Waals surface area contributed by atoms with Crippen molar-refractivity contribution >= 4 is 15.9 Å². The molecule has 0 saturated heterocycles. The molecule has 1 heterocycles. The molecule has 0 fully saturated rings. The van der Waals surface area contributed by atoms with E-state index >= 15 is 4.39 Å². The van der Waals surface area contributed by atoms with Crippen LogP contribution in [0.4, 0.5) is 22.0 Å². The van der Waals surface area contributed by atoms with E-state index in [0.717, 1.165) is 52.8 Å². The van der Waals surface area contributed by atoms with E-state index in [1.165, 1.54) is 60.7 Å². The predicted molar refractivity (Wildman–Crippen MR) is 187 cm³/mol. The minimum Gasteiger partial charge on any atom is -0.274 e. The second-order valence-corrected chi connectivity index (χ2v) is 14.0. The maximum absolute atomic E-state index is 15.8. The van der Waals surface area contributed by atoms with Gasteiger partial charge in [-0.1, -0.05) is 81.6 Å². The maximum atomic E-state index is 15.8. The minimum atomic E-state index is -4.77. The van der Waals surface area contributed by atoms with Crippen molar-refractivity contribution < 1.29 is 35.2 Å². The fraction of sp³-hybridized carbons (Fsp3) is 0.289. The number of nitrogens with zero attached hydrogens (tertiary/aromatic N) is 3. The zero-order chi connectivity index (χ0) is 37.6. The lowest BCUT2D eigenvalue weighted by molar-refractivity contribution is -0.137. The van der Waals surface area contributed by atoms with Crippen molar-refractivity contribution in [1.29, 1.82) is 0 Å². The molecular formula is C38H37F5N4O4S. The number of alkyl halides is 3. The molecule has 5 rings (SSSR count). The van der Waals surface area contributed by atoms with Gasteiger partial charge in [-0.05, 0) is 66.8 Å². The molecule has 0 atom stereocenters. The third-order valence-corrected chi connectivity index (χ3v) is 9.96. The molecule has 0 aliphatic rings. The fourth-order valence-electron chi connectivity index (χ4n) is 5.83. The smallest absolute Gasteiger partial charge is 0.274 e. The van der Waals surface area contributed by atoms with Crippen LogP contribution in [0.25, 0.3) is 16.8 Å². The van der Waals surface area contributed by atoms with Crippen molar-refractivity contribution in [1.82, 2.24) is 19.1 Å². The molecule has 0 unspecified atom stereocenters. The first kappa shape index (κ1) is 38.1. The summed E-state index contributed by atoms with van der Waals surface area (Å²) < 4.78 is 103. The van der Waals surface area contributed by atoms with Crippen LogP contribution >= 0.6 is 0 Å². The highest BCUT2D eigenvalue weighted by atomic mass is 32.2. The lowest BCUT2D eigenvalue weighted by Gasteiger charge is -2.14. The van der Waals surface area contributed by atoms with Crippen LogP contribution in [0, 0.1) is 11.6 Å². The Balaban J connectivity index is 1.50. The second-order valence-electron chi connectivity index (χ2n) is 12.3. The van der Waals surface area contributed by atoms with E-state index in [2.05, 4.69) is 5.10 Å². The molecule has 1 N–H and O–H groups in total. The van der Waals surface area contributed by atoms with Crippen molar-refractivity contribution in [3.05, 3.63) is 135 Å². The summed E-state index contributed by atoms with van der Waals surface area (Å²) in [5.74, 6) is -2.75. The maximum Gasteiger partial charge on any atom is 0.418 e. The van der Waals surface area contributed by atoms with Crippen LogP contribution in [0.15, 0.2) is 94.6 Å². The van der Waals surface area contributed by atoms with Crippen LogP contribution in [-0.2, 0) is 35.6 Å². The molecule has 1 amide bonds. The third-order valence-electron chi connectivity index (χ3n) is 8.57. The van der Waals surface area contributed by atoms with E-state index in [9.17, 15) is 35.6 Å². The van der Waals surface area contributed by atoms with Crippen LogP contribution in [0.1, 0.15) is 78.8 Å². The number of halogens is 5. The van der Waals surface area contributed by atoms with Crippen LogP contribution in [-0.4, -0.2) is 28.7 Å². The molecule has 52 heavy (non-hydrogen) atoms. The highest BCUT2D eigenvalue weighted by molar-refractivity contribution is 7.90. The Morgan fingerprint density at radius 3 is 2.23 bits per heavy atom. The van der Waals surface area contributed by atoms with Crippen LogP contribution in [0.5, 0.6) is 0 Å². The Hall–Kier alpha value is -5.11. The second kappa shape index (κ2) is 16.1. The van der Waals surface area contributed by atoms with Gasteiger partial charge in [0.1, 0.15) is 17.5 Å². The van der Waals surface area contributed by atoms with Gasteiger partial charge in [0.05, 0.1) is 28.3 Å². The van der Waals surface area contributed by atoms with Crippen molar-refractivity contribution in [2.45, 2.75) is 76.4 Å². The van der Waals surface area contributed by atoms with E-state index in [0.29, 0.717) is 24.8 Å². The molecule has 14 heteroatoms. The number of carbonyl (C=O) groups excluding carboxylic acids is 1. The lowest BCUT2D eigenvalue weighted by atomic mass is 10.0. The third kappa shape index (κ3) is 8.50. The largest absolute Gasteiger partial charge is 0.418 e. The van der Waals surface area contributed by atoms with Crippen molar-refractivity contribution in [3.8, 4) is 16.8 Å². The van der Waals surface area contributed by atoms with Gasteiger partial charge in [-0.15, -0.1) is 5.10 Å². The molecule has 4 aromatic carbocycles. The number of amides is 1. The Morgan fingerprint density at radius 1 is 0.827 bits per heavy atom. The van der Waals surface area contributed by atoms with Crippen LogP contribution < -0.4 is 10.4 Å². The van der Waals surface area contributed by atoms with E-state index in [1.54, 1.807) is 0 Å². The van der Waals surface area contributed by atoms with Gasteiger partial charge in [-0.25, -0.2) is 26.7 Å². The first-order valence-electron chi connectivity index (χ1n) is 16.8. The Labute approximate surface area is 298 Å². The van der Waals surface area contributed by atoms with E-state index in [1.807, 2.05) is 18.6 Å². The van der Waals surface area contributed by atoms with Crippen molar-refractivity contribution in [2.75, 3.05) is 0 Å². The number of aryl methyl sites for hydroxylation is 2. The van der Waals surface area contributed by atoms with E-state index in [4.69, 9.17) is 0 Å². The molecule has 0 aliphatic carbocycles. The number of sulfonamides is 1. The molecule has 8 nitrogen and oxygen atoms in total. The van der Waals surface area contributed by atoms with E-state index < -0.39 is 56.2 Å². The molecule has 274 valence electrons. The number of hydrogen-bond donors (Lipinski definition) is 1.